The summed E-state index contributed by atoms with van der Waals surface area (Å²) in [7, 11) is 0. The number of hydrogen-bond acceptors (Lipinski definition) is 2. The van der Waals surface area contributed by atoms with Crippen molar-refractivity contribution < 1.29 is 4.74 Å². The Morgan fingerprint density at radius 3 is 2.40 bits per heavy atom. The molecule has 0 heterocycles. The van der Waals surface area contributed by atoms with E-state index in [0.29, 0.717) is 19.1 Å². The lowest BCUT2D eigenvalue weighted by molar-refractivity contribution is 0.340. The summed E-state index contributed by atoms with van der Waals surface area (Å²) in [5.41, 5.74) is 8.50. The van der Waals surface area contributed by atoms with E-state index in [1.807, 2.05) is 25.1 Å². The van der Waals surface area contributed by atoms with E-state index in [9.17, 15) is 0 Å². The number of nitrogens with two attached hydrogens (primary N) is 1. The van der Waals surface area contributed by atoms with E-state index in [-0.39, 0.29) is 0 Å². The molecule has 106 valence electrons. The number of rotatable bonds is 6. The van der Waals surface area contributed by atoms with Gasteiger partial charge in [-0.3, -0.25) is 0 Å². The Morgan fingerprint density at radius 1 is 1.10 bits per heavy atom. The highest BCUT2D eigenvalue weighted by Gasteiger charge is 2.13. The predicted octanol–water partition coefficient (Wildman–Crippen LogP) is 4.13. The van der Waals surface area contributed by atoms with Gasteiger partial charge in [-0.25, -0.2) is 0 Å². The van der Waals surface area contributed by atoms with Crippen LogP contribution in [-0.4, -0.2) is 13.2 Å². The standard InChI is InChI=1S/C17H20BrNO/c1-2-20-15-9-7-13(8-10-15)11-14(12-19)16-5-3-4-6-17(16)18/h3-10,14H,2,11-12,19H2,1H3. The third-order valence-electron chi connectivity index (χ3n) is 3.35. The van der Waals surface area contributed by atoms with Gasteiger partial charge in [-0.15, -0.1) is 0 Å². The predicted molar refractivity (Wildman–Crippen MR) is 87.3 cm³/mol. The molecule has 0 radical (unpaired) electrons. The lowest BCUT2D eigenvalue weighted by Gasteiger charge is -2.17. The molecule has 2 nitrogen and oxygen atoms in total. The molecule has 0 aromatic heterocycles. The Hall–Kier alpha value is -1.32. The molecular weight excluding hydrogens is 314 g/mol. The summed E-state index contributed by atoms with van der Waals surface area (Å²) in [5, 5.41) is 0. The molecule has 0 spiro atoms. The molecule has 1 atom stereocenters. The van der Waals surface area contributed by atoms with E-state index in [4.69, 9.17) is 10.5 Å². The van der Waals surface area contributed by atoms with Crippen molar-refractivity contribution in [2.45, 2.75) is 19.3 Å². The molecule has 0 amide bonds. The summed E-state index contributed by atoms with van der Waals surface area (Å²) in [6, 6.07) is 16.6. The van der Waals surface area contributed by atoms with Crippen LogP contribution >= 0.6 is 15.9 Å². The van der Waals surface area contributed by atoms with Crippen LogP contribution < -0.4 is 10.5 Å². The summed E-state index contributed by atoms with van der Waals surface area (Å²) in [4.78, 5) is 0. The zero-order valence-electron chi connectivity index (χ0n) is 11.7. The van der Waals surface area contributed by atoms with Crippen molar-refractivity contribution in [1.29, 1.82) is 0 Å². The van der Waals surface area contributed by atoms with E-state index < -0.39 is 0 Å². The fraction of sp³-hybridized carbons (Fsp3) is 0.294. The highest BCUT2D eigenvalue weighted by Crippen LogP contribution is 2.27. The molecule has 0 aliphatic heterocycles. The first-order chi connectivity index (χ1) is 9.74. The van der Waals surface area contributed by atoms with Gasteiger partial charge in [-0.2, -0.15) is 0 Å². The van der Waals surface area contributed by atoms with Gasteiger partial charge < -0.3 is 10.5 Å². The van der Waals surface area contributed by atoms with Gasteiger partial charge >= 0.3 is 0 Å². The number of ether oxygens (including phenoxy) is 1. The maximum Gasteiger partial charge on any atom is 0.119 e. The lowest BCUT2D eigenvalue weighted by atomic mass is 9.92. The van der Waals surface area contributed by atoms with E-state index in [1.165, 1.54) is 11.1 Å². The van der Waals surface area contributed by atoms with E-state index in [1.54, 1.807) is 0 Å². The molecule has 0 bridgehead atoms. The van der Waals surface area contributed by atoms with Crippen LogP contribution in [-0.2, 0) is 6.42 Å². The normalized spacial score (nSPS) is 12.2. The maximum atomic E-state index is 5.95. The molecule has 0 fully saturated rings. The van der Waals surface area contributed by atoms with Gasteiger partial charge in [0.2, 0.25) is 0 Å². The van der Waals surface area contributed by atoms with Gasteiger partial charge in [0.1, 0.15) is 5.75 Å². The number of benzene rings is 2. The molecule has 20 heavy (non-hydrogen) atoms. The summed E-state index contributed by atoms with van der Waals surface area (Å²) < 4.78 is 6.59. The Balaban J connectivity index is 2.12. The first-order valence-corrected chi connectivity index (χ1v) is 7.70. The minimum absolute atomic E-state index is 0.323. The van der Waals surface area contributed by atoms with Crippen LogP contribution in [0.25, 0.3) is 0 Å². The topological polar surface area (TPSA) is 35.2 Å². The van der Waals surface area contributed by atoms with E-state index in [2.05, 4.69) is 46.3 Å². The average molecular weight is 334 g/mol. The largest absolute Gasteiger partial charge is 0.494 e. The zero-order chi connectivity index (χ0) is 14.4. The van der Waals surface area contributed by atoms with Crippen LogP contribution in [0.3, 0.4) is 0 Å². The fourth-order valence-electron chi connectivity index (χ4n) is 2.30. The first-order valence-electron chi connectivity index (χ1n) is 6.90. The molecule has 2 aromatic carbocycles. The first kappa shape index (κ1) is 15.1. The van der Waals surface area contributed by atoms with Gasteiger partial charge in [-0.1, -0.05) is 46.3 Å². The van der Waals surface area contributed by atoms with Crippen molar-refractivity contribution in [3.8, 4) is 5.75 Å². The second kappa shape index (κ2) is 7.46. The molecule has 0 saturated carbocycles. The van der Waals surface area contributed by atoms with Crippen molar-refractivity contribution in [2.24, 2.45) is 5.73 Å². The van der Waals surface area contributed by atoms with Gasteiger partial charge in [0.25, 0.3) is 0 Å². The van der Waals surface area contributed by atoms with Crippen LogP contribution in [0.15, 0.2) is 53.0 Å². The van der Waals surface area contributed by atoms with Crippen molar-refractivity contribution in [1.82, 2.24) is 0 Å². The molecule has 3 heteroatoms. The monoisotopic (exact) mass is 333 g/mol. The molecule has 0 aliphatic carbocycles. The molecule has 1 unspecified atom stereocenters. The average Bonchev–Trinajstić information content (AvgIpc) is 2.48. The highest BCUT2D eigenvalue weighted by molar-refractivity contribution is 9.10. The second-order valence-corrected chi connectivity index (χ2v) is 5.59. The van der Waals surface area contributed by atoms with Crippen LogP contribution in [0.5, 0.6) is 5.75 Å². The van der Waals surface area contributed by atoms with Gasteiger partial charge in [0.05, 0.1) is 6.61 Å². The molecular formula is C17H20BrNO. The van der Waals surface area contributed by atoms with Crippen molar-refractivity contribution in [3.63, 3.8) is 0 Å². The van der Waals surface area contributed by atoms with Gasteiger partial charge in [-0.05, 0) is 49.2 Å². The summed E-state index contributed by atoms with van der Waals surface area (Å²) >= 11 is 3.61. The van der Waals surface area contributed by atoms with Crippen LogP contribution in [0.1, 0.15) is 24.0 Å². The van der Waals surface area contributed by atoms with E-state index in [0.717, 1.165) is 16.6 Å². The maximum absolute atomic E-state index is 5.95. The van der Waals surface area contributed by atoms with Crippen LogP contribution in [0, 0.1) is 0 Å². The highest BCUT2D eigenvalue weighted by atomic mass is 79.9. The molecule has 2 aromatic rings. The minimum atomic E-state index is 0.323. The molecule has 2 rings (SSSR count). The van der Waals surface area contributed by atoms with Gasteiger partial charge in [0, 0.05) is 10.4 Å². The quantitative estimate of drug-likeness (QED) is 0.862. The Labute approximate surface area is 129 Å². The third kappa shape index (κ3) is 3.84. The molecule has 2 N–H and O–H groups in total. The Kier molecular flexibility index (Phi) is 5.62. The molecule has 0 aliphatic rings. The van der Waals surface area contributed by atoms with Crippen molar-refractivity contribution in [3.05, 3.63) is 64.1 Å². The SMILES string of the molecule is CCOc1ccc(CC(CN)c2ccccc2Br)cc1. The smallest absolute Gasteiger partial charge is 0.119 e. The van der Waals surface area contributed by atoms with E-state index >= 15 is 0 Å². The minimum Gasteiger partial charge on any atom is -0.494 e. The van der Waals surface area contributed by atoms with Gasteiger partial charge in [0.15, 0.2) is 0 Å². The van der Waals surface area contributed by atoms with Crippen LogP contribution in [0.2, 0.25) is 0 Å². The number of halogens is 1. The van der Waals surface area contributed by atoms with Crippen molar-refractivity contribution >= 4 is 15.9 Å². The summed E-state index contributed by atoms with van der Waals surface area (Å²) in [6.07, 6.45) is 0.936. The van der Waals surface area contributed by atoms with Crippen molar-refractivity contribution in [2.75, 3.05) is 13.2 Å². The van der Waals surface area contributed by atoms with Crippen LogP contribution in [0.4, 0.5) is 0 Å². The fourth-order valence-corrected chi connectivity index (χ4v) is 2.91. The second-order valence-electron chi connectivity index (χ2n) is 4.74. The Morgan fingerprint density at radius 2 is 1.80 bits per heavy atom. The zero-order valence-corrected chi connectivity index (χ0v) is 13.3. The number of hydrogen-bond donors (Lipinski definition) is 1. The lowest BCUT2D eigenvalue weighted by Crippen LogP contribution is -2.15. The summed E-state index contributed by atoms with van der Waals surface area (Å²) in [6.45, 7) is 3.32. The Bertz CT molecular complexity index is 539. The molecule has 0 saturated heterocycles. The summed E-state index contributed by atoms with van der Waals surface area (Å²) in [5.74, 6) is 1.24. The third-order valence-corrected chi connectivity index (χ3v) is 4.07.